The lowest BCUT2D eigenvalue weighted by Gasteiger charge is -2.17. The van der Waals surface area contributed by atoms with E-state index < -0.39 is 30.9 Å². The summed E-state index contributed by atoms with van der Waals surface area (Å²) in [4.78, 5) is 12.5. The molecule has 0 saturated heterocycles. The first-order chi connectivity index (χ1) is 12.3. The molecule has 0 radical (unpaired) electrons. The maximum Gasteiger partial charge on any atom is 0.340 e. The second-order valence-corrected chi connectivity index (χ2v) is 5.98. The number of alkyl halides is 2. The van der Waals surface area contributed by atoms with Gasteiger partial charge in [0.2, 0.25) is 0 Å². The molecule has 5 nitrogen and oxygen atoms in total. The number of carbonyl (C=O) groups is 1. The number of hydrogen-bond donors (Lipinski definition) is 2. The molecule has 2 aromatic rings. The average Bonchev–Trinajstić information content (AvgIpc) is 2.89. The molecule has 2 unspecified atom stereocenters. The summed E-state index contributed by atoms with van der Waals surface area (Å²) < 4.78 is 45.7. The van der Waals surface area contributed by atoms with Gasteiger partial charge in [-0.15, -0.1) is 0 Å². The van der Waals surface area contributed by atoms with Crippen molar-refractivity contribution in [2.75, 3.05) is 0 Å². The summed E-state index contributed by atoms with van der Waals surface area (Å²) in [6.07, 6.45) is -0.0157. The fraction of sp³-hybridized carbons (Fsp3) is 0.389. The number of nitrogens with zero attached hydrogens (tertiary/aromatic N) is 1. The lowest BCUT2D eigenvalue weighted by molar-refractivity contribution is 0.0284. The van der Waals surface area contributed by atoms with Crippen molar-refractivity contribution in [3.63, 3.8) is 0 Å². The highest BCUT2D eigenvalue weighted by molar-refractivity contribution is 6.04. The van der Waals surface area contributed by atoms with Gasteiger partial charge in [-0.25, -0.2) is 18.0 Å². The van der Waals surface area contributed by atoms with Crippen LogP contribution in [0, 0.1) is 17.8 Å². The van der Waals surface area contributed by atoms with Crippen molar-refractivity contribution >= 4 is 16.9 Å². The number of carbonyl (C=O) groups excluding carboxylic acids is 1. The zero-order chi connectivity index (χ0) is 19.3. The van der Waals surface area contributed by atoms with Gasteiger partial charge in [0.15, 0.2) is 0 Å². The Labute approximate surface area is 148 Å². The van der Waals surface area contributed by atoms with E-state index in [9.17, 15) is 18.0 Å². The minimum atomic E-state index is -2.63. The van der Waals surface area contributed by atoms with Crippen LogP contribution in [0.2, 0.25) is 0 Å². The molecular formula is C18H19F3N2O3. The highest BCUT2D eigenvalue weighted by Crippen LogP contribution is 2.25. The van der Waals surface area contributed by atoms with Gasteiger partial charge in [0.05, 0.1) is 12.1 Å². The summed E-state index contributed by atoms with van der Waals surface area (Å²) in [5, 5.41) is 8.79. The lowest BCUT2D eigenvalue weighted by Crippen LogP contribution is -2.27. The fourth-order valence-corrected chi connectivity index (χ4v) is 2.69. The standard InChI is InChI=1S/C18H19F3N2O3/c1-11(22)7-13(3-2-6-24)26-18(25)15-9-23(10-17(20)21)16-5-4-12(19)8-14(15)16/h4-5,8-9,11,13,17,24H,3,7,10,22H2,1H3. The molecule has 2 atom stereocenters. The topological polar surface area (TPSA) is 77.5 Å². The highest BCUT2D eigenvalue weighted by Gasteiger charge is 2.22. The van der Waals surface area contributed by atoms with Crippen molar-refractivity contribution in [2.24, 2.45) is 5.73 Å². The maximum atomic E-state index is 13.6. The number of fused-ring (bicyclic) bond motifs is 1. The molecule has 0 saturated carbocycles. The summed E-state index contributed by atoms with van der Waals surface area (Å²) in [7, 11) is 0. The van der Waals surface area contributed by atoms with E-state index in [1.807, 2.05) is 0 Å². The number of halogens is 3. The average molecular weight is 368 g/mol. The second kappa shape index (κ2) is 8.63. The Morgan fingerprint density at radius 2 is 2.15 bits per heavy atom. The smallest absolute Gasteiger partial charge is 0.340 e. The Morgan fingerprint density at radius 3 is 2.77 bits per heavy atom. The molecule has 0 aliphatic heterocycles. The second-order valence-electron chi connectivity index (χ2n) is 5.98. The third-order valence-corrected chi connectivity index (χ3v) is 3.71. The van der Waals surface area contributed by atoms with E-state index in [4.69, 9.17) is 15.6 Å². The number of aliphatic hydroxyl groups excluding tert-OH is 1. The number of nitrogens with two attached hydrogens (primary N) is 1. The molecule has 3 N–H and O–H groups in total. The van der Waals surface area contributed by atoms with E-state index in [0.29, 0.717) is 11.9 Å². The molecule has 0 aliphatic rings. The number of esters is 1. The van der Waals surface area contributed by atoms with Gasteiger partial charge in [-0.05, 0) is 25.1 Å². The van der Waals surface area contributed by atoms with Gasteiger partial charge < -0.3 is 20.1 Å². The van der Waals surface area contributed by atoms with Crippen LogP contribution in [0.4, 0.5) is 13.2 Å². The van der Waals surface area contributed by atoms with Crippen molar-refractivity contribution in [1.29, 1.82) is 0 Å². The predicted octanol–water partition coefficient (Wildman–Crippen LogP) is 3.03. The van der Waals surface area contributed by atoms with E-state index >= 15 is 0 Å². The van der Waals surface area contributed by atoms with Crippen molar-refractivity contribution in [1.82, 2.24) is 4.57 Å². The first-order valence-corrected chi connectivity index (χ1v) is 7.96. The maximum absolute atomic E-state index is 13.6. The van der Waals surface area contributed by atoms with E-state index in [1.165, 1.54) is 16.8 Å². The molecule has 26 heavy (non-hydrogen) atoms. The molecule has 0 fully saturated rings. The Kier molecular flexibility index (Phi) is 6.52. The number of rotatable bonds is 7. The van der Waals surface area contributed by atoms with Crippen LogP contribution >= 0.6 is 0 Å². The molecule has 1 aromatic carbocycles. The summed E-state index contributed by atoms with van der Waals surface area (Å²) in [6, 6.07) is 3.28. The number of ether oxygens (including phenoxy) is 1. The quantitative estimate of drug-likeness (QED) is 0.582. The van der Waals surface area contributed by atoms with Crippen molar-refractivity contribution in [3.05, 3.63) is 35.8 Å². The molecule has 1 heterocycles. The number of aliphatic hydroxyl groups is 1. The molecule has 0 spiro atoms. The molecule has 0 aliphatic carbocycles. The van der Waals surface area contributed by atoms with Gasteiger partial charge >= 0.3 is 5.97 Å². The Bertz CT molecular complexity index is 837. The van der Waals surface area contributed by atoms with Crippen LogP contribution < -0.4 is 5.73 Å². The molecule has 8 heteroatoms. The van der Waals surface area contributed by atoms with Gasteiger partial charge in [0, 0.05) is 36.0 Å². The van der Waals surface area contributed by atoms with Crippen LogP contribution in [-0.2, 0) is 11.3 Å². The van der Waals surface area contributed by atoms with E-state index in [-0.39, 0.29) is 23.4 Å². The molecular weight excluding hydrogens is 349 g/mol. The van der Waals surface area contributed by atoms with Crippen molar-refractivity contribution in [2.45, 2.75) is 44.9 Å². The Morgan fingerprint density at radius 1 is 1.42 bits per heavy atom. The van der Waals surface area contributed by atoms with Gasteiger partial charge in [-0.2, -0.15) is 0 Å². The highest BCUT2D eigenvalue weighted by atomic mass is 19.3. The summed E-state index contributed by atoms with van der Waals surface area (Å²) >= 11 is 0. The number of benzene rings is 1. The third kappa shape index (κ3) is 4.92. The largest absolute Gasteiger partial charge is 0.462 e. The van der Waals surface area contributed by atoms with Gasteiger partial charge in [-0.3, -0.25) is 0 Å². The molecule has 0 amide bonds. The zero-order valence-electron chi connectivity index (χ0n) is 14.1. The van der Waals surface area contributed by atoms with Crippen LogP contribution in [0.1, 0.15) is 30.1 Å². The van der Waals surface area contributed by atoms with Gasteiger partial charge in [-0.1, -0.05) is 5.92 Å². The summed E-state index contributed by atoms with van der Waals surface area (Å²) in [6.45, 7) is 1.09. The number of hydrogen-bond acceptors (Lipinski definition) is 4. The van der Waals surface area contributed by atoms with E-state index in [1.54, 1.807) is 13.0 Å². The van der Waals surface area contributed by atoms with Gasteiger partial charge in [0.1, 0.15) is 18.0 Å². The minimum absolute atomic E-state index is 0.0215. The summed E-state index contributed by atoms with van der Waals surface area (Å²) in [5.74, 6) is 1.01. The molecule has 0 bridgehead atoms. The molecule has 1 aromatic heterocycles. The molecule has 2 rings (SSSR count). The number of aromatic nitrogens is 1. The van der Waals surface area contributed by atoms with Crippen LogP contribution in [0.5, 0.6) is 0 Å². The first-order valence-electron chi connectivity index (χ1n) is 7.96. The van der Waals surface area contributed by atoms with Crippen LogP contribution in [0.25, 0.3) is 10.9 Å². The zero-order valence-corrected chi connectivity index (χ0v) is 14.1. The fourth-order valence-electron chi connectivity index (χ4n) is 2.69. The Balaban J connectivity index is 2.35. The predicted molar refractivity (Wildman–Crippen MR) is 89.7 cm³/mol. The van der Waals surface area contributed by atoms with E-state index in [2.05, 4.69) is 5.92 Å². The third-order valence-electron chi connectivity index (χ3n) is 3.71. The minimum Gasteiger partial charge on any atom is -0.462 e. The van der Waals surface area contributed by atoms with E-state index in [0.717, 1.165) is 12.1 Å². The lowest BCUT2D eigenvalue weighted by atomic mass is 10.1. The first kappa shape index (κ1) is 19.7. The Hall–Kier alpha value is -2.66. The monoisotopic (exact) mass is 368 g/mol. The van der Waals surface area contributed by atoms with Crippen LogP contribution in [0.15, 0.2) is 24.4 Å². The van der Waals surface area contributed by atoms with Crippen LogP contribution in [-0.4, -0.2) is 34.2 Å². The van der Waals surface area contributed by atoms with Crippen LogP contribution in [0.3, 0.4) is 0 Å². The SMILES string of the molecule is CC(N)CC(CC#CO)OC(=O)c1cn(CC(F)F)c2ccc(F)cc12. The van der Waals surface area contributed by atoms with Crippen molar-refractivity contribution in [3.8, 4) is 12.0 Å². The van der Waals surface area contributed by atoms with Crippen molar-refractivity contribution < 1.29 is 27.8 Å². The summed E-state index contributed by atoms with van der Waals surface area (Å²) in [5.41, 5.74) is 5.99. The van der Waals surface area contributed by atoms with Gasteiger partial charge in [0.25, 0.3) is 6.43 Å². The molecule has 140 valence electrons. The normalized spacial score (nSPS) is 13.3.